The highest BCUT2D eigenvalue weighted by Gasteiger charge is 2.20. The predicted molar refractivity (Wildman–Crippen MR) is 92.2 cm³/mol. The summed E-state index contributed by atoms with van der Waals surface area (Å²) in [4.78, 5) is 11.8. The third-order valence-electron chi connectivity index (χ3n) is 3.42. The van der Waals surface area contributed by atoms with Crippen molar-refractivity contribution in [1.29, 1.82) is 0 Å². The van der Waals surface area contributed by atoms with Gasteiger partial charge in [0.25, 0.3) is 0 Å². The summed E-state index contributed by atoms with van der Waals surface area (Å²) in [5, 5.41) is 2.76. The van der Waals surface area contributed by atoms with Crippen LogP contribution >= 0.6 is 0 Å². The van der Waals surface area contributed by atoms with Crippen LogP contribution in [-0.4, -0.2) is 47.4 Å². The Morgan fingerprint density at radius 1 is 1.30 bits per heavy atom. The first kappa shape index (κ1) is 19.4. The van der Waals surface area contributed by atoms with Gasteiger partial charge >= 0.3 is 0 Å². The molecule has 6 nitrogen and oxygen atoms in total. The van der Waals surface area contributed by atoms with Crippen LogP contribution in [0.5, 0.6) is 0 Å². The number of aryl methyl sites for hydroxylation is 2. The number of benzene rings is 1. The molecule has 0 aliphatic carbocycles. The Labute approximate surface area is 138 Å². The van der Waals surface area contributed by atoms with Crippen molar-refractivity contribution >= 4 is 21.6 Å². The lowest BCUT2D eigenvalue weighted by atomic mass is 10.1. The van der Waals surface area contributed by atoms with Crippen LogP contribution in [0.4, 0.5) is 5.69 Å². The van der Waals surface area contributed by atoms with Gasteiger partial charge in [0.2, 0.25) is 15.9 Å². The quantitative estimate of drug-likeness (QED) is 0.692. The van der Waals surface area contributed by atoms with E-state index in [0.29, 0.717) is 18.8 Å². The van der Waals surface area contributed by atoms with Crippen molar-refractivity contribution in [3.05, 3.63) is 29.3 Å². The smallest absolute Gasteiger partial charge is 0.232 e. The molecule has 0 saturated carbocycles. The van der Waals surface area contributed by atoms with E-state index >= 15 is 0 Å². The van der Waals surface area contributed by atoms with Crippen molar-refractivity contribution in [2.75, 3.05) is 37.4 Å². The molecule has 0 saturated heterocycles. The second kappa shape index (κ2) is 8.88. The number of nitrogens with one attached hydrogen (secondary N) is 1. The van der Waals surface area contributed by atoms with Gasteiger partial charge in [-0.1, -0.05) is 12.1 Å². The van der Waals surface area contributed by atoms with Gasteiger partial charge < -0.3 is 10.1 Å². The monoisotopic (exact) mass is 342 g/mol. The Morgan fingerprint density at radius 3 is 2.61 bits per heavy atom. The molecule has 1 amide bonds. The number of ether oxygens (including phenoxy) is 1. The molecule has 0 aliphatic rings. The molecule has 0 fully saturated rings. The molecule has 7 heteroatoms. The first-order valence-electron chi connectivity index (χ1n) is 7.56. The van der Waals surface area contributed by atoms with Gasteiger partial charge in [0, 0.05) is 33.2 Å². The Hall–Kier alpha value is -1.60. The first-order valence-corrected chi connectivity index (χ1v) is 9.41. The molecule has 0 bridgehead atoms. The highest BCUT2D eigenvalue weighted by Crippen LogP contribution is 2.24. The minimum Gasteiger partial charge on any atom is -0.385 e. The Bertz CT molecular complexity index is 629. The standard InChI is InChI=1S/C16H26N2O4S/c1-13-6-7-14(2)15(12-13)18(23(4,20)21)10-8-16(19)17-9-5-11-22-3/h6-7,12H,5,8-11H2,1-4H3,(H,17,19). The fourth-order valence-electron chi connectivity index (χ4n) is 2.19. The SMILES string of the molecule is COCCCNC(=O)CCN(c1cc(C)ccc1C)S(C)(=O)=O. The largest absolute Gasteiger partial charge is 0.385 e. The summed E-state index contributed by atoms with van der Waals surface area (Å²) < 4.78 is 30.4. The van der Waals surface area contributed by atoms with E-state index in [2.05, 4.69) is 5.32 Å². The molecule has 1 aromatic rings. The molecule has 0 atom stereocenters. The molecule has 130 valence electrons. The highest BCUT2D eigenvalue weighted by atomic mass is 32.2. The van der Waals surface area contributed by atoms with Gasteiger partial charge in [0.15, 0.2) is 0 Å². The Morgan fingerprint density at radius 2 is 2.00 bits per heavy atom. The van der Waals surface area contributed by atoms with Crippen LogP contribution in [0.2, 0.25) is 0 Å². The van der Waals surface area contributed by atoms with Crippen molar-refractivity contribution in [2.24, 2.45) is 0 Å². The van der Waals surface area contributed by atoms with Crippen LogP contribution < -0.4 is 9.62 Å². The molecule has 0 aliphatic heterocycles. The molecule has 0 unspecified atom stereocenters. The van der Waals surface area contributed by atoms with E-state index in [0.717, 1.165) is 23.8 Å². The molecule has 23 heavy (non-hydrogen) atoms. The molecular formula is C16H26N2O4S. The van der Waals surface area contributed by atoms with Crippen LogP contribution in [0.3, 0.4) is 0 Å². The normalized spacial score (nSPS) is 11.3. The zero-order valence-corrected chi connectivity index (χ0v) is 15.1. The molecule has 0 radical (unpaired) electrons. The van der Waals surface area contributed by atoms with Gasteiger partial charge in [-0.05, 0) is 37.5 Å². The third kappa shape index (κ3) is 6.58. The van der Waals surface area contributed by atoms with E-state index in [1.165, 1.54) is 4.31 Å². The number of methoxy groups -OCH3 is 1. The summed E-state index contributed by atoms with van der Waals surface area (Å²) in [6.45, 7) is 5.00. The molecule has 0 heterocycles. The van der Waals surface area contributed by atoms with Crippen LogP contribution in [0.15, 0.2) is 18.2 Å². The van der Waals surface area contributed by atoms with Crippen molar-refractivity contribution in [2.45, 2.75) is 26.7 Å². The van der Waals surface area contributed by atoms with E-state index < -0.39 is 10.0 Å². The van der Waals surface area contributed by atoms with E-state index in [4.69, 9.17) is 4.74 Å². The molecule has 1 N–H and O–H groups in total. The van der Waals surface area contributed by atoms with Gasteiger partial charge in [-0.15, -0.1) is 0 Å². The fourth-order valence-corrected chi connectivity index (χ4v) is 3.17. The number of anilines is 1. The zero-order chi connectivity index (χ0) is 17.5. The van der Waals surface area contributed by atoms with E-state index in [9.17, 15) is 13.2 Å². The summed E-state index contributed by atoms with van der Waals surface area (Å²) in [7, 11) is -1.84. The maximum Gasteiger partial charge on any atom is 0.232 e. The average molecular weight is 342 g/mol. The van der Waals surface area contributed by atoms with Gasteiger partial charge in [0.1, 0.15) is 0 Å². The lowest BCUT2D eigenvalue weighted by molar-refractivity contribution is -0.120. The number of amides is 1. The highest BCUT2D eigenvalue weighted by molar-refractivity contribution is 7.92. The predicted octanol–water partition coefficient (Wildman–Crippen LogP) is 1.61. The minimum atomic E-state index is -3.45. The van der Waals surface area contributed by atoms with Gasteiger partial charge in [-0.3, -0.25) is 9.10 Å². The molecular weight excluding hydrogens is 316 g/mol. The van der Waals surface area contributed by atoms with Crippen LogP contribution in [-0.2, 0) is 19.6 Å². The number of rotatable bonds is 9. The number of hydrogen-bond acceptors (Lipinski definition) is 4. The summed E-state index contributed by atoms with van der Waals surface area (Å²) >= 11 is 0. The van der Waals surface area contributed by atoms with Crippen molar-refractivity contribution in [3.63, 3.8) is 0 Å². The van der Waals surface area contributed by atoms with Crippen molar-refractivity contribution in [3.8, 4) is 0 Å². The maximum atomic E-state index is 12.1. The number of sulfonamides is 1. The maximum absolute atomic E-state index is 12.1. The summed E-state index contributed by atoms with van der Waals surface area (Å²) in [5.41, 5.74) is 2.46. The van der Waals surface area contributed by atoms with E-state index in [1.807, 2.05) is 32.0 Å². The summed E-state index contributed by atoms with van der Waals surface area (Å²) in [6.07, 6.45) is 2.01. The average Bonchev–Trinajstić information content (AvgIpc) is 2.46. The van der Waals surface area contributed by atoms with Gasteiger partial charge in [-0.25, -0.2) is 8.42 Å². The van der Waals surface area contributed by atoms with Crippen molar-refractivity contribution < 1.29 is 17.9 Å². The van der Waals surface area contributed by atoms with Crippen LogP contribution in [0.25, 0.3) is 0 Å². The number of carbonyl (C=O) groups excluding carboxylic acids is 1. The second-order valence-corrected chi connectivity index (χ2v) is 7.48. The second-order valence-electron chi connectivity index (χ2n) is 5.57. The first-order chi connectivity index (χ1) is 10.8. The zero-order valence-electron chi connectivity index (χ0n) is 14.3. The molecule has 0 spiro atoms. The van der Waals surface area contributed by atoms with Gasteiger partial charge in [-0.2, -0.15) is 0 Å². The van der Waals surface area contributed by atoms with Gasteiger partial charge in [0.05, 0.1) is 11.9 Å². The lowest BCUT2D eigenvalue weighted by Crippen LogP contribution is -2.35. The van der Waals surface area contributed by atoms with E-state index in [-0.39, 0.29) is 18.9 Å². The van der Waals surface area contributed by atoms with Crippen LogP contribution in [0, 0.1) is 13.8 Å². The third-order valence-corrected chi connectivity index (χ3v) is 4.60. The lowest BCUT2D eigenvalue weighted by Gasteiger charge is -2.24. The minimum absolute atomic E-state index is 0.118. The summed E-state index contributed by atoms with van der Waals surface area (Å²) in [5.74, 6) is -0.167. The molecule has 0 aromatic heterocycles. The number of carbonyl (C=O) groups is 1. The Kier molecular flexibility index (Phi) is 7.51. The topological polar surface area (TPSA) is 75.7 Å². The van der Waals surface area contributed by atoms with Crippen molar-refractivity contribution in [1.82, 2.24) is 5.32 Å². The number of nitrogens with zero attached hydrogens (tertiary/aromatic N) is 1. The molecule has 1 aromatic carbocycles. The van der Waals surface area contributed by atoms with Crippen LogP contribution in [0.1, 0.15) is 24.0 Å². The number of hydrogen-bond donors (Lipinski definition) is 1. The Balaban J connectivity index is 2.74. The summed E-state index contributed by atoms with van der Waals surface area (Å²) in [6, 6.07) is 5.64. The fraction of sp³-hybridized carbons (Fsp3) is 0.562. The van der Waals surface area contributed by atoms with E-state index in [1.54, 1.807) is 7.11 Å². The molecule has 1 rings (SSSR count).